The van der Waals surface area contributed by atoms with Crippen LogP contribution in [-0.4, -0.2) is 59.9 Å². The van der Waals surface area contributed by atoms with E-state index in [1.54, 1.807) is 0 Å². The highest BCUT2D eigenvalue weighted by molar-refractivity contribution is 6.30. The summed E-state index contributed by atoms with van der Waals surface area (Å²) in [6.45, 7) is 9.58. The van der Waals surface area contributed by atoms with Crippen LogP contribution in [0.5, 0.6) is 0 Å². The van der Waals surface area contributed by atoms with E-state index in [-0.39, 0.29) is 5.92 Å². The number of aryl methyl sites for hydroxylation is 1. The second-order valence-corrected chi connectivity index (χ2v) is 9.20. The van der Waals surface area contributed by atoms with Gasteiger partial charge in [0.1, 0.15) is 0 Å². The lowest BCUT2D eigenvalue weighted by Crippen LogP contribution is -2.51. The van der Waals surface area contributed by atoms with E-state index >= 15 is 0 Å². The maximum atomic E-state index is 13.0. The molecule has 2 aliphatic rings. The van der Waals surface area contributed by atoms with Gasteiger partial charge >= 0.3 is 0 Å². The number of hydrogen-bond acceptors (Lipinski definition) is 3. The molecule has 2 aromatic carbocycles. The van der Waals surface area contributed by atoms with Crippen LogP contribution in [0.3, 0.4) is 0 Å². The van der Waals surface area contributed by atoms with Crippen molar-refractivity contribution in [2.75, 3.05) is 39.3 Å². The van der Waals surface area contributed by atoms with Gasteiger partial charge in [-0.15, -0.1) is 0 Å². The molecule has 0 aliphatic carbocycles. The van der Waals surface area contributed by atoms with Crippen molar-refractivity contribution in [2.45, 2.75) is 32.9 Å². The zero-order valence-electron chi connectivity index (χ0n) is 17.9. The summed E-state index contributed by atoms with van der Waals surface area (Å²) < 4.78 is 0. The van der Waals surface area contributed by atoms with Crippen molar-refractivity contribution in [3.63, 3.8) is 0 Å². The third-order valence-electron chi connectivity index (χ3n) is 6.44. The molecule has 0 spiro atoms. The number of nitrogens with zero attached hydrogens (tertiary/aromatic N) is 3. The van der Waals surface area contributed by atoms with Crippen molar-refractivity contribution in [1.82, 2.24) is 14.7 Å². The molecule has 2 fully saturated rings. The van der Waals surface area contributed by atoms with Gasteiger partial charge in [-0.05, 0) is 56.1 Å². The lowest BCUT2D eigenvalue weighted by atomic mass is 9.94. The highest BCUT2D eigenvalue weighted by Gasteiger charge is 2.30. The first kappa shape index (κ1) is 21.4. The number of hydrogen-bond donors (Lipinski definition) is 0. The Morgan fingerprint density at radius 2 is 1.50 bits per heavy atom. The topological polar surface area (TPSA) is 26.8 Å². The minimum Gasteiger partial charge on any atom is -0.340 e. The van der Waals surface area contributed by atoms with Crippen LogP contribution >= 0.6 is 11.6 Å². The van der Waals surface area contributed by atoms with Crippen molar-refractivity contribution in [3.05, 3.63) is 70.2 Å². The molecule has 0 radical (unpaired) electrons. The minimum absolute atomic E-state index is 0.193. The largest absolute Gasteiger partial charge is 0.340 e. The van der Waals surface area contributed by atoms with E-state index in [4.69, 9.17) is 11.6 Å². The van der Waals surface area contributed by atoms with Crippen LogP contribution in [0.15, 0.2) is 48.5 Å². The maximum Gasteiger partial charge on any atom is 0.225 e. The van der Waals surface area contributed by atoms with Gasteiger partial charge in [-0.25, -0.2) is 0 Å². The predicted molar refractivity (Wildman–Crippen MR) is 122 cm³/mol. The van der Waals surface area contributed by atoms with Crippen molar-refractivity contribution in [3.8, 4) is 0 Å². The molecule has 4 nitrogen and oxygen atoms in total. The number of likely N-dealkylation sites (tertiary alicyclic amines) is 1. The normalized spacial score (nSPS) is 19.2. The van der Waals surface area contributed by atoms with Crippen molar-refractivity contribution < 1.29 is 4.79 Å². The van der Waals surface area contributed by atoms with Gasteiger partial charge < -0.3 is 4.90 Å². The number of halogens is 1. The van der Waals surface area contributed by atoms with Crippen molar-refractivity contribution in [1.29, 1.82) is 0 Å². The fourth-order valence-corrected chi connectivity index (χ4v) is 4.78. The Labute approximate surface area is 185 Å². The summed E-state index contributed by atoms with van der Waals surface area (Å²) in [5.41, 5.74) is 3.90. The zero-order valence-corrected chi connectivity index (χ0v) is 18.7. The Balaban J connectivity index is 1.21. The van der Waals surface area contributed by atoms with E-state index in [1.165, 1.54) is 16.7 Å². The summed E-state index contributed by atoms with van der Waals surface area (Å²) in [6, 6.07) is 16.9. The Morgan fingerprint density at radius 1 is 0.867 bits per heavy atom. The number of rotatable bonds is 5. The Bertz CT molecular complexity index is 838. The molecule has 160 valence electrons. The van der Waals surface area contributed by atoms with Crippen LogP contribution in [0.25, 0.3) is 0 Å². The summed E-state index contributed by atoms with van der Waals surface area (Å²) >= 11 is 6.10. The predicted octanol–water partition coefficient (Wildman–Crippen LogP) is 4.20. The van der Waals surface area contributed by atoms with E-state index in [2.05, 4.69) is 52.0 Å². The Morgan fingerprint density at radius 3 is 2.17 bits per heavy atom. The summed E-state index contributed by atoms with van der Waals surface area (Å²) in [5.74, 6) is 0.561. The summed E-state index contributed by atoms with van der Waals surface area (Å²) in [4.78, 5) is 20.0. The van der Waals surface area contributed by atoms with E-state index in [1.807, 2.05) is 18.2 Å². The van der Waals surface area contributed by atoms with Gasteiger partial charge in [0.2, 0.25) is 5.91 Å². The summed E-state index contributed by atoms with van der Waals surface area (Å²) in [7, 11) is 0. The molecule has 0 N–H and O–H groups in total. The number of carbonyl (C=O) groups excluding carboxylic acids is 1. The van der Waals surface area contributed by atoms with Gasteiger partial charge in [-0.3, -0.25) is 14.6 Å². The smallest absolute Gasteiger partial charge is 0.225 e. The van der Waals surface area contributed by atoms with Gasteiger partial charge in [-0.1, -0.05) is 53.6 Å². The van der Waals surface area contributed by atoms with Crippen LogP contribution in [-0.2, 0) is 17.9 Å². The molecule has 0 aromatic heterocycles. The lowest BCUT2D eigenvalue weighted by Gasteiger charge is -2.38. The third-order valence-corrected chi connectivity index (χ3v) is 6.68. The average Bonchev–Trinajstić information content (AvgIpc) is 2.76. The van der Waals surface area contributed by atoms with Crippen molar-refractivity contribution in [2.24, 2.45) is 5.92 Å². The van der Waals surface area contributed by atoms with Crippen molar-refractivity contribution >= 4 is 17.5 Å². The monoisotopic (exact) mass is 425 g/mol. The first-order chi connectivity index (χ1) is 14.6. The highest BCUT2D eigenvalue weighted by atomic mass is 35.5. The fraction of sp³-hybridized carbons (Fsp3) is 0.480. The molecule has 5 heteroatoms. The van der Waals surface area contributed by atoms with Gasteiger partial charge in [0, 0.05) is 50.2 Å². The first-order valence-corrected chi connectivity index (χ1v) is 11.5. The average molecular weight is 426 g/mol. The van der Waals surface area contributed by atoms with Crippen LogP contribution in [0, 0.1) is 12.8 Å². The Kier molecular flexibility index (Phi) is 7.08. The number of piperidine rings is 1. The maximum absolute atomic E-state index is 13.0. The SMILES string of the molecule is Cc1ccc(CN2CCC(C(=O)N3CCN(Cc4cccc(Cl)c4)CC3)CC2)cc1. The molecule has 0 unspecified atom stereocenters. The quantitative estimate of drug-likeness (QED) is 0.718. The van der Waals surface area contributed by atoms with Crippen LogP contribution in [0.1, 0.15) is 29.5 Å². The van der Waals surface area contributed by atoms with E-state index in [0.717, 1.165) is 70.2 Å². The summed E-state index contributed by atoms with van der Waals surface area (Å²) in [6.07, 6.45) is 1.96. The molecule has 30 heavy (non-hydrogen) atoms. The second kappa shape index (κ2) is 9.95. The summed E-state index contributed by atoms with van der Waals surface area (Å²) in [5, 5.41) is 0.787. The van der Waals surface area contributed by atoms with E-state index in [0.29, 0.717) is 5.91 Å². The molecule has 0 saturated carbocycles. The third kappa shape index (κ3) is 5.63. The van der Waals surface area contributed by atoms with Gasteiger partial charge in [0.25, 0.3) is 0 Å². The molecule has 2 heterocycles. The molecule has 2 aromatic rings. The first-order valence-electron chi connectivity index (χ1n) is 11.1. The van der Waals surface area contributed by atoms with Crippen LogP contribution in [0.2, 0.25) is 5.02 Å². The molecule has 0 bridgehead atoms. The number of carbonyl (C=O) groups is 1. The van der Waals surface area contributed by atoms with Crippen LogP contribution < -0.4 is 0 Å². The fourth-order valence-electron chi connectivity index (χ4n) is 4.57. The second-order valence-electron chi connectivity index (χ2n) is 8.77. The minimum atomic E-state index is 0.193. The molecule has 4 rings (SSSR count). The van der Waals surface area contributed by atoms with E-state index < -0.39 is 0 Å². The van der Waals surface area contributed by atoms with E-state index in [9.17, 15) is 4.79 Å². The van der Waals surface area contributed by atoms with Crippen LogP contribution in [0.4, 0.5) is 0 Å². The van der Waals surface area contributed by atoms with Gasteiger partial charge in [0.05, 0.1) is 0 Å². The highest BCUT2D eigenvalue weighted by Crippen LogP contribution is 2.22. The standard InChI is InChI=1S/C25H32ClN3O/c1-20-5-7-21(8-6-20)18-27-11-9-23(10-12-27)25(30)29-15-13-28(14-16-29)19-22-3-2-4-24(26)17-22/h2-8,17,23H,9-16,18-19H2,1H3. The molecular weight excluding hydrogens is 394 g/mol. The molecule has 2 aliphatic heterocycles. The van der Waals surface area contributed by atoms with Gasteiger partial charge in [-0.2, -0.15) is 0 Å². The molecule has 1 amide bonds. The number of piperazine rings is 1. The Hall–Kier alpha value is -1.88. The molecule has 0 atom stereocenters. The number of benzene rings is 2. The lowest BCUT2D eigenvalue weighted by molar-refractivity contribution is -0.139. The zero-order chi connectivity index (χ0) is 20.9. The molecule has 2 saturated heterocycles. The number of amides is 1. The molecular formula is C25H32ClN3O. The van der Waals surface area contributed by atoms with Gasteiger partial charge in [0.15, 0.2) is 0 Å².